The first-order valence-electron chi connectivity index (χ1n) is 10.6. The van der Waals surface area contributed by atoms with Crippen molar-refractivity contribution in [2.45, 2.75) is 37.2 Å². The Hall–Kier alpha value is -2.20. The van der Waals surface area contributed by atoms with Crippen LogP contribution in [0, 0.1) is 6.92 Å². The van der Waals surface area contributed by atoms with E-state index in [1.54, 1.807) is 43.5 Å². The smallest absolute Gasteiger partial charge is 0.229 e. The zero-order valence-electron chi connectivity index (χ0n) is 18.4. The molecule has 176 valence electrons. The molecule has 2 aromatic carbocycles. The predicted octanol–water partition coefficient (Wildman–Crippen LogP) is 4.64. The van der Waals surface area contributed by atoms with Crippen LogP contribution < -0.4 is 9.64 Å². The lowest BCUT2D eigenvalue weighted by Gasteiger charge is -2.23. The number of methoxy groups -OCH3 is 1. The summed E-state index contributed by atoms with van der Waals surface area (Å²) in [5.41, 5.74) is 1.54. The maximum Gasteiger partial charge on any atom is 0.229 e. The fourth-order valence-corrected chi connectivity index (χ4v) is 6.23. The third-order valence-electron chi connectivity index (χ3n) is 5.57. The zero-order valence-corrected chi connectivity index (χ0v) is 20.8. The molecule has 1 aromatic heterocycles. The summed E-state index contributed by atoms with van der Waals surface area (Å²) < 4.78 is 37.4. The number of carbonyl (C=O) groups is 1. The highest BCUT2D eigenvalue weighted by Gasteiger charge is 2.28. The molecule has 1 saturated heterocycles. The van der Waals surface area contributed by atoms with Crippen LogP contribution in [0.4, 0.5) is 5.13 Å². The Morgan fingerprint density at radius 1 is 1.27 bits per heavy atom. The minimum Gasteiger partial charge on any atom is -0.494 e. The molecule has 1 atom stereocenters. The van der Waals surface area contributed by atoms with Crippen LogP contribution in [0.2, 0.25) is 5.02 Å². The van der Waals surface area contributed by atoms with Crippen molar-refractivity contribution in [3.05, 3.63) is 47.0 Å². The summed E-state index contributed by atoms with van der Waals surface area (Å²) in [5.74, 6) is -0.0509. The molecule has 10 heteroatoms. The van der Waals surface area contributed by atoms with Crippen LogP contribution in [0.15, 0.2) is 41.3 Å². The van der Waals surface area contributed by atoms with E-state index >= 15 is 0 Å². The number of halogens is 1. The summed E-state index contributed by atoms with van der Waals surface area (Å²) in [7, 11) is -2.05. The molecule has 0 bridgehead atoms. The van der Waals surface area contributed by atoms with Crippen LogP contribution in [-0.2, 0) is 19.4 Å². The number of carbonyl (C=O) groups excluding carboxylic acids is 1. The molecule has 0 saturated carbocycles. The molecule has 1 unspecified atom stereocenters. The molecular formula is C23H25ClN2O5S2. The van der Waals surface area contributed by atoms with Crippen molar-refractivity contribution in [2.24, 2.45) is 0 Å². The average molecular weight is 509 g/mol. The molecule has 2 heterocycles. The fraction of sp³-hybridized carbons (Fsp3) is 0.391. The minimum atomic E-state index is -3.59. The first kappa shape index (κ1) is 23.9. The SMILES string of the molecule is COc1ccc(Cl)c2sc(N(CC3CCCO3)C(=O)CCS(=O)(=O)c3ccc(C)cc3)nc12. The second-order valence-electron chi connectivity index (χ2n) is 7.95. The number of hydrogen-bond donors (Lipinski definition) is 0. The maximum absolute atomic E-state index is 13.3. The first-order chi connectivity index (χ1) is 15.8. The lowest BCUT2D eigenvalue weighted by Crippen LogP contribution is -2.38. The Balaban J connectivity index is 1.60. The summed E-state index contributed by atoms with van der Waals surface area (Å²) in [6.07, 6.45) is 1.48. The number of ether oxygens (including phenoxy) is 2. The predicted molar refractivity (Wildman–Crippen MR) is 130 cm³/mol. The van der Waals surface area contributed by atoms with Gasteiger partial charge in [0.2, 0.25) is 5.91 Å². The quantitative estimate of drug-likeness (QED) is 0.440. The number of aromatic nitrogens is 1. The Bertz CT molecular complexity index is 1250. The molecule has 1 aliphatic rings. The number of sulfone groups is 1. The van der Waals surface area contributed by atoms with Crippen LogP contribution in [0.3, 0.4) is 0 Å². The number of amides is 1. The Labute approximate surface area is 202 Å². The Morgan fingerprint density at radius 3 is 2.70 bits per heavy atom. The standard InChI is InChI=1S/C23H25ClN2O5S2/c1-15-5-7-17(8-6-15)33(28,29)13-11-20(27)26(14-16-4-3-12-31-16)23-25-21-19(30-2)10-9-18(24)22(21)32-23/h5-10,16H,3-4,11-14H2,1-2H3. The lowest BCUT2D eigenvalue weighted by molar-refractivity contribution is -0.118. The van der Waals surface area contributed by atoms with Gasteiger partial charge in [-0.05, 0) is 44.0 Å². The van der Waals surface area contributed by atoms with Crippen molar-refractivity contribution in [3.8, 4) is 5.75 Å². The van der Waals surface area contributed by atoms with Crippen LogP contribution >= 0.6 is 22.9 Å². The number of anilines is 1. The van der Waals surface area contributed by atoms with Gasteiger partial charge in [-0.3, -0.25) is 9.69 Å². The lowest BCUT2D eigenvalue weighted by atomic mass is 10.2. The van der Waals surface area contributed by atoms with Gasteiger partial charge in [0.25, 0.3) is 0 Å². The van der Waals surface area contributed by atoms with Gasteiger partial charge in [-0.25, -0.2) is 13.4 Å². The summed E-state index contributed by atoms with van der Waals surface area (Å²) >= 11 is 7.64. The van der Waals surface area contributed by atoms with E-state index in [9.17, 15) is 13.2 Å². The minimum absolute atomic E-state index is 0.118. The number of hydrogen-bond acceptors (Lipinski definition) is 7. The van der Waals surface area contributed by atoms with Crippen molar-refractivity contribution >= 4 is 54.0 Å². The van der Waals surface area contributed by atoms with E-state index in [0.29, 0.717) is 39.3 Å². The largest absolute Gasteiger partial charge is 0.494 e. The Kier molecular flexibility index (Phi) is 7.23. The first-order valence-corrected chi connectivity index (χ1v) is 13.5. The molecule has 0 N–H and O–H groups in total. The van der Waals surface area contributed by atoms with Crippen molar-refractivity contribution in [2.75, 3.05) is 30.9 Å². The molecular weight excluding hydrogens is 484 g/mol. The van der Waals surface area contributed by atoms with Gasteiger partial charge in [0.1, 0.15) is 11.3 Å². The molecule has 1 aliphatic heterocycles. The third kappa shape index (κ3) is 5.32. The van der Waals surface area contributed by atoms with E-state index in [1.165, 1.54) is 16.2 Å². The number of thiazole rings is 1. The van der Waals surface area contributed by atoms with Gasteiger partial charge in [0.05, 0.1) is 40.1 Å². The molecule has 3 aromatic rings. The molecule has 1 amide bonds. The average Bonchev–Trinajstić information content (AvgIpc) is 3.47. The van der Waals surface area contributed by atoms with E-state index in [0.717, 1.165) is 18.4 Å². The number of aryl methyl sites for hydroxylation is 1. The topological polar surface area (TPSA) is 85.8 Å². The van der Waals surface area contributed by atoms with Crippen LogP contribution in [-0.4, -0.2) is 51.4 Å². The molecule has 7 nitrogen and oxygen atoms in total. The highest BCUT2D eigenvalue weighted by Crippen LogP contribution is 2.39. The third-order valence-corrected chi connectivity index (χ3v) is 8.84. The normalized spacial score (nSPS) is 16.3. The zero-order chi connectivity index (χ0) is 23.6. The van der Waals surface area contributed by atoms with Crippen LogP contribution in [0.25, 0.3) is 10.2 Å². The van der Waals surface area contributed by atoms with E-state index in [4.69, 9.17) is 21.1 Å². The van der Waals surface area contributed by atoms with Gasteiger partial charge in [-0.1, -0.05) is 40.6 Å². The number of nitrogens with zero attached hydrogens (tertiary/aromatic N) is 2. The van der Waals surface area contributed by atoms with E-state index < -0.39 is 9.84 Å². The maximum atomic E-state index is 13.3. The second-order valence-corrected chi connectivity index (χ2v) is 11.4. The molecule has 33 heavy (non-hydrogen) atoms. The molecule has 0 radical (unpaired) electrons. The van der Waals surface area contributed by atoms with Crippen LogP contribution in [0.1, 0.15) is 24.8 Å². The van der Waals surface area contributed by atoms with Gasteiger partial charge in [-0.2, -0.15) is 0 Å². The number of benzene rings is 2. The molecule has 4 rings (SSSR count). The highest BCUT2D eigenvalue weighted by molar-refractivity contribution is 7.91. The van der Waals surface area contributed by atoms with Crippen molar-refractivity contribution in [1.29, 1.82) is 0 Å². The summed E-state index contributed by atoms with van der Waals surface area (Å²) in [5, 5.41) is 0.964. The van der Waals surface area contributed by atoms with Gasteiger partial charge in [0, 0.05) is 13.0 Å². The van der Waals surface area contributed by atoms with E-state index in [2.05, 4.69) is 4.98 Å². The van der Waals surface area contributed by atoms with Crippen molar-refractivity contribution in [1.82, 2.24) is 4.98 Å². The molecule has 1 fully saturated rings. The number of fused-ring (bicyclic) bond motifs is 1. The second kappa shape index (κ2) is 9.97. The van der Waals surface area contributed by atoms with Crippen molar-refractivity contribution in [3.63, 3.8) is 0 Å². The van der Waals surface area contributed by atoms with Crippen molar-refractivity contribution < 1.29 is 22.7 Å². The molecule has 0 spiro atoms. The van der Waals surface area contributed by atoms with E-state index in [-0.39, 0.29) is 29.1 Å². The summed E-state index contributed by atoms with van der Waals surface area (Å²) in [4.78, 5) is 19.7. The summed E-state index contributed by atoms with van der Waals surface area (Å²) in [6, 6.07) is 10.1. The number of rotatable bonds is 8. The summed E-state index contributed by atoms with van der Waals surface area (Å²) in [6.45, 7) is 2.85. The highest BCUT2D eigenvalue weighted by atomic mass is 35.5. The van der Waals surface area contributed by atoms with Gasteiger partial charge in [-0.15, -0.1) is 0 Å². The Morgan fingerprint density at radius 2 is 2.03 bits per heavy atom. The van der Waals surface area contributed by atoms with E-state index in [1.807, 2.05) is 6.92 Å². The van der Waals surface area contributed by atoms with Crippen LogP contribution in [0.5, 0.6) is 5.75 Å². The molecule has 0 aliphatic carbocycles. The van der Waals surface area contributed by atoms with Gasteiger partial charge in [0.15, 0.2) is 15.0 Å². The van der Waals surface area contributed by atoms with Gasteiger partial charge >= 0.3 is 0 Å². The van der Waals surface area contributed by atoms with Gasteiger partial charge < -0.3 is 9.47 Å². The monoisotopic (exact) mass is 508 g/mol. The fourth-order valence-electron chi connectivity index (χ4n) is 3.72.